The predicted molar refractivity (Wildman–Crippen MR) is 118 cm³/mol. The normalized spacial score (nSPS) is 12.9. The summed E-state index contributed by atoms with van der Waals surface area (Å²) in [5, 5.41) is 0. The van der Waals surface area contributed by atoms with Gasteiger partial charge in [-0.1, -0.05) is 20.8 Å². The van der Waals surface area contributed by atoms with Gasteiger partial charge in [-0.25, -0.2) is 4.98 Å². The van der Waals surface area contributed by atoms with E-state index in [1.165, 1.54) is 6.33 Å². The van der Waals surface area contributed by atoms with Crippen LogP contribution in [-0.4, -0.2) is 50.7 Å². The van der Waals surface area contributed by atoms with Crippen LogP contribution < -0.4 is 17.0 Å². The van der Waals surface area contributed by atoms with E-state index < -0.39 is 17.6 Å². The van der Waals surface area contributed by atoms with Crippen LogP contribution in [-0.2, 0) is 25.6 Å². The number of H-pyrrole nitrogens is 1. The molecular formula is C19H31ClN6O5. The molecule has 12 heteroatoms. The van der Waals surface area contributed by atoms with Crippen molar-refractivity contribution in [1.82, 2.24) is 19.5 Å². The molecule has 174 valence electrons. The number of rotatable bonds is 11. The van der Waals surface area contributed by atoms with Crippen LogP contribution in [0.1, 0.15) is 40.0 Å². The third-order valence-corrected chi connectivity index (χ3v) is 4.53. The number of aromatic amines is 1. The van der Waals surface area contributed by atoms with Crippen LogP contribution in [0, 0.1) is 11.8 Å². The highest BCUT2D eigenvalue weighted by Crippen LogP contribution is 2.13. The van der Waals surface area contributed by atoms with Gasteiger partial charge in [-0.05, 0) is 18.8 Å². The van der Waals surface area contributed by atoms with Gasteiger partial charge < -0.3 is 25.5 Å². The Morgan fingerprint density at radius 2 is 1.94 bits per heavy atom. The second-order valence-corrected chi connectivity index (χ2v) is 7.62. The van der Waals surface area contributed by atoms with Crippen LogP contribution in [0.5, 0.6) is 0 Å². The van der Waals surface area contributed by atoms with Crippen LogP contribution in [0.4, 0.5) is 5.95 Å². The molecule has 0 bridgehead atoms. The number of hydrogen-bond donors (Lipinski definition) is 3. The summed E-state index contributed by atoms with van der Waals surface area (Å²) in [5.74, 6) is -0.809. The lowest BCUT2D eigenvalue weighted by atomic mass is 10.0. The number of imidazole rings is 1. The Kier molecular flexibility index (Phi) is 10.4. The lowest BCUT2D eigenvalue weighted by Gasteiger charge is -2.19. The minimum Gasteiger partial charge on any atom is -0.465 e. The first-order valence-electron chi connectivity index (χ1n) is 9.99. The van der Waals surface area contributed by atoms with Crippen molar-refractivity contribution in [2.45, 2.75) is 52.6 Å². The fourth-order valence-electron chi connectivity index (χ4n) is 2.89. The van der Waals surface area contributed by atoms with Gasteiger partial charge in [0.1, 0.15) is 6.04 Å². The van der Waals surface area contributed by atoms with Crippen molar-refractivity contribution in [1.29, 1.82) is 0 Å². The lowest BCUT2D eigenvalue weighted by molar-refractivity contribution is -0.150. The van der Waals surface area contributed by atoms with Gasteiger partial charge in [0.05, 0.1) is 19.5 Å². The molecule has 0 radical (unpaired) electrons. The molecule has 2 rings (SSSR count). The van der Waals surface area contributed by atoms with E-state index in [4.69, 9.17) is 20.9 Å². The van der Waals surface area contributed by atoms with Gasteiger partial charge in [0.25, 0.3) is 5.56 Å². The second kappa shape index (κ2) is 12.3. The predicted octanol–water partition coefficient (Wildman–Crippen LogP) is 1.000. The number of carbonyl (C=O) groups excluding carboxylic acids is 2. The van der Waals surface area contributed by atoms with E-state index in [1.807, 2.05) is 13.8 Å². The number of hydrogen-bond acceptors (Lipinski definition) is 9. The molecule has 2 atom stereocenters. The molecule has 5 N–H and O–H groups in total. The number of aromatic nitrogens is 4. The molecule has 0 aliphatic heterocycles. The topological polar surface area (TPSA) is 168 Å². The van der Waals surface area contributed by atoms with Crippen molar-refractivity contribution in [3.05, 3.63) is 16.7 Å². The molecule has 0 aliphatic carbocycles. The Hall–Kier alpha value is -2.66. The van der Waals surface area contributed by atoms with Gasteiger partial charge >= 0.3 is 11.9 Å². The van der Waals surface area contributed by atoms with Gasteiger partial charge in [-0.3, -0.25) is 19.4 Å². The summed E-state index contributed by atoms with van der Waals surface area (Å²) in [4.78, 5) is 46.1. The summed E-state index contributed by atoms with van der Waals surface area (Å²) in [6.45, 7) is 6.22. The Morgan fingerprint density at radius 3 is 2.58 bits per heavy atom. The number of nitrogen functional groups attached to an aromatic ring is 1. The van der Waals surface area contributed by atoms with E-state index >= 15 is 0 Å². The number of fused-ring (bicyclic) bond motifs is 1. The van der Waals surface area contributed by atoms with Crippen LogP contribution in [0.15, 0.2) is 11.1 Å². The maximum Gasteiger partial charge on any atom is 0.322 e. The van der Waals surface area contributed by atoms with E-state index in [0.29, 0.717) is 25.0 Å². The standard InChI is InChI=1S/C19H30N6O5.ClH/c1-4-14(26)29-8-12(9-30-18(28)13(20)7-11(2)3)5-6-25-10-22-15-16(25)23-19(21)24-17(15)27;/h10-13H,4-9,20H2,1-3H3,(H3,21,23,24,27);1H/t12?,13-;/m0./s1. The van der Waals surface area contributed by atoms with E-state index in [9.17, 15) is 14.4 Å². The fraction of sp³-hybridized carbons (Fsp3) is 0.632. The number of anilines is 1. The molecule has 0 spiro atoms. The number of halogens is 1. The van der Waals surface area contributed by atoms with Crippen molar-refractivity contribution >= 4 is 41.5 Å². The fourth-order valence-corrected chi connectivity index (χ4v) is 2.89. The molecule has 11 nitrogen and oxygen atoms in total. The smallest absolute Gasteiger partial charge is 0.322 e. The van der Waals surface area contributed by atoms with Crippen molar-refractivity contribution in [3.8, 4) is 0 Å². The largest absolute Gasteiger partial charge is 0.465 e. The Balaban J connectivity index is 0.00000480. The number of aryl methyl sites for hydroxylation is 1. The average molecular weight is 459 g/mol. The Bertz CT molecular complexity index is 928. The minimum atomic E-state index is -0.694. The number of carbonyl (C=O) groups is 2. The second-order valence-electron chi connectivity index (χ2n) is 7.62. The first-order valence-corrected chi connectivity index (χ1v) is 9.99. The zero-order chi connectivity index (χ0) is 22.3. The summed E-state index contributed by atoms with van der Waals surface area (Å²) in [5.41, 5.74) is 11.6. The number of nitrogens with two attached hydrogens (primary N) is 2. The molecule has 0 aliphatic rings. The molecule has 0 amide bonds. The maximum absolute atomic E-state index is 12.1. The maximum atomic E-state index is 12.1. The Labute approximate surface area is 186 Å². The molecule has 2 heterocycles. The third kappa shape index (κ3) is 7.83. The molecule has 1 unspecified atom stereocenters. The number of ether oxygens (including phenoxy) is 2. The van der Waals surface area contributed by atoms with Gasteiger partial charge in [-0.2, -0.15) is 4.98 Å². The van der Waals surface area contributed by atoms with Crippen molar-refractivity contribution < 1.29 is 19.1 Å². The molecule has 0 fully saturated rings. The van der Waals surface area contributed by atoms with Crippen LogP contribution in [0.25, 0.3) is 11.2 Å². The zero-order valence-corrected chi connectivity index (χ0v) is 18.8. The van der Waals surface area contributed by atoms with Gasteiger partial charge in [0.15, 0.2) is 11.2 Å². The van der Waals surface area contributed by atoms with Crippen LogP contribution in [0.3, 0.4) is 0 Å². The van der Waals surface area contributed by atoms with Gasteiger partial charge in [-0.15, -0.1) is 12.4 Å². The molecule has 31 heavy (non-hydrogen) atoms. The van der Waals surface area contributed by atoms with Crippen molar-refractivity contribution in [2.75, 3.05) is 18.9 Å². The van der Waals surface area contributed by atoms with E-state index in [2.05, 4.69) is 15.0 Å². The average Bonchev–Trinajstić information content (AvgIpc) is 3.09. The number of nitrogens with zero attached hydrogens (tertiary/aromatic N) is 3. The van der Waals surface area contributed by atoms with Crippen LogP contribution in [0.2, 0.25) is 0 Å². The number of nitrogens with one attached hydrogen (secondary N) is 1. The Morgan fingerprint density at radius 1 is 1.26 bits per heavy atom. The monoisotopic (exact) mass is 458 g/mol. The molecular weight excluding hydrogens is 428 g/mol. The minimum absolute atomic E-state index is 0. The quantitative estimate of drug-likeness (QED) is 0.415. The highest BCUT2D eigenvalue weighted by atomic mass is 35.5. The first-order chi connectivity index (χ1) is 14.2. The number of esters is 2. The van der Waals surface area contributed by atoms with E-state index in [0.717, 1.165) is 0 Å². The van der Waals surface area contributed by atoms with E-state index in [-0.39, 0.29) is 61.3 Å². The molecule has 0 saturated carbocycles. The molecule has 2 aromatic rings. The van der Waals surface area contributed by atoms with Crippen LogP contribution >= 0.6 is 12.4 Å². The van der Waals surface area contributed by atoms with E-state index in [1.54, 1.807) is 11.5 Å². The van der Waals surface area contributed by atoms with Gasteiger partial charge in [0.2, 0.25) is 5.95 Å². The highest BCUT2D eigenvalue weighted by Gasteiger charge is 2.20. The highest BCUT2D eigenvalue weighted by molar-refractivity contribution is 5.85. The summed E-state index contributed by atoms with van der Waals surface area (Å²) in [6.07, 6.45) is 2.76. The summed E-state index contributed by atoms with van der Waals surface area (Å²) >= 11 is 0. The first kappa shape index (κ1) is 26.4. The van der Waals surface area contributed by atoms with Crippen molar-refractivity contribution in [2.24, 2.45) is 17.6 Å². The SMILES string of the molecule is CCC(=O)OCC(CCn1cnc2c(=O)[nH]c(N)nc21)COC(=O)[C@@H](N)CC(C)C.Cl. The van der Waals surface area contributed by atoms with Gasteiger partial charge in [0, 0.05) is 18.9 Å². The molecule has 0 saturated heterocycles. The molecule has 2 aromatic heterocycles. The molecule has 0 aromatic carbocycles. The van der Waals surface area contributed by atoms with Crippen molar-refractivity contribution in [3.63, 3.8) is 0 Å². The summed E-state index contributed by atoms with van der Waals surface area (Å²) < 4.78 is 12.3. The summed E-state index contributed by atoms with van der Waals surface area (Å²) in [7, 11) is 0. The summed E-state index contributed by atoms with van der Waals surface area (Å²) in [6, 6.07) is -0.694. The lowest BCUT2D eigenvalue weighted by Crippen LogP contribution is -2.35. The zero-order valence-electron chi connectivity index (χ0n) is 18.0. The third-order valence-electron chi connectivity index (χ3n) is 4.53.